The van der Waals surface area contributed by atoms with Crippen LogP contribution >= 0.6 is 12.2 Å². The number of hydrogen-bond donors (Lipinski definition) is 18. The molecule has 5 fully saturated rings. The van der Waals surface area contributed by atoms with Crippen LogP contribution in [0.4, 0.5) is 0 Å². The number of isothiocyanates is 1. The average molecular weight is 1270 g/mol. The number of carboxylic acids is 2. The second-order valence-electron chi connectivity index (χ2n) is 20.9. The summed E-state index contributed by atoms with van der Waals surface area (Å²) in [7, 11) is 0. The average Bonchev–Trinajstić information content (AvgIpc) is 0.859. The summed E-state index contributed by atoms with van der Waals surface area (Å²) in [6, 6.07) is -5.68. The largest absolute Gasteiger partial charge is 0.544 e. The van der Waals surface area contributed by atoms with Crippen molar-refractivity contribution in [3.63, 3.8) is 0 Å². The first kappa shape index (κ1) is 72.4. The highest BCUT2D eigenvalue weighted by Gasteiger charge is 2.61. The highest BCUT2D eigenvalue weighted by Crippen LogP contribution is 2.41. The van der Waals surface area contributed by atoms with Gasteiger partial charge in [-0.25, -0.2) is 4.99 Å². The molecule has 5 rings (SSSR count). The molecule has 5 saturated heterocycles. The van der Waals surface area contributed by atoms with Crippen LogP contribution in [-0.2, 0) is 76.1 Å². The van der Waals surface area contributed by atoms with Gasteiger partial charge in [0.25, 0.3) is 0 Å². The summed E-state index contributed by atoms with van der Waals surface area (Å²) in [6.07, 6.45) is -50.5. The molecule has 0 aliphatic carbocycles. The van der Waals surface area contributed by atoms with E-state index in [4.69, 9.17) is 47.4 Å². The second kappa shape index (κ2) is 31.9. The van der Waals surface area contributed by atoms with Gasteiger partial charge < -0.3 is 160 Å². The van der Waals surface area contributed by atoms with Crippen LogP contribution in [0.3, 0.4) is 0 Å². The highest BCUT2D eigenvalue weighted by atomic mass is 32.1. The lowest BCUT2D eigenvalue weighted by atomic mass is 9.87. The fraction of sp³-hybridized carbons (Fsp3) is 0.854. The van der Waals surface area contributed by atoms with Crippen LogP contribution in [-0.4, -0.2) is 323 Å². The van der Waals surface area contributed by atoms with Crippen molar-refractivity contribution in [1.82, 2.24) is 21.3 Å². The first-order chi connectivity index (χ1) is 40.4. The monoisotopic (exact) mass is 1270 g/mol. The number of nitrogens with one attached hydrogen (secondary N) is 4. The van der Waals surface area contributed by atoms with Crippen molar-refractivity contribution in [3.05, 3.63) is 0 Å². The lowest BCUT2D eigenvalue weighted by Crippen LogP contribution is -2.74. The molecule has 0 radical (unpaired) electrons. The van der Waals surface area contributed by atoms with Crippen LogP contribution in [0.2, 0.25) is 0 Å². The predicted molar refractivity (Wildman–Crippen MR) is 270 cm³/mol. The molecule has 0 saturated carbocycles. The van der Waals surface area contributed by atoms with Crippen LogP contribution in [0.15, 0.2) is 4.99 Å². The molecule has 37 nitrogen and oxygen atoms in total. The molecule has 4 amide bonds. The van der Waals surface area contributed by atoms with Crippen molar-refractivity contribution in [1.29, 1.82) is 0 Å². The van der Waals surface area contributed by atoms with Crippen molar-refractivity contribution < 1.29 is 158 Å². The van der Waals surface area contributed by atoms with Gasteiger partial charge >= 0.3 is 0 Å². The van der Waals surface area contributed by atoms with Crippen molar-refractivity contribution in [2.24, 2.45) is 4.99 Å². The molecule has 5 heterocycles. The molecule has 0 bridgehead atoms. The molecule has 8 unspecified atom stereocenters. The van der Waals surface area contributed by atoms with Gasteiger partial charge in [0.2, 0.25) is 35.2 Å². The maximum atomic E-state index is 13.8. The number of amides is 4. The summed E-state index contributed by atoms with van der Waals surface area (Å²) in [5, 5.41) is 194. The van der Waals surface area contributed by atoms with E-state index in [0.717, 1.165) is 27.7 Å². The third-order valence-corrected chi connectivity index (χ3v) is 14.7. The molecule has 5 aliphatic rings. The third-order valence-electron chi connectivity index (χ3n) is 14.6. The number of rotatable bonds is 28. The van der Waals surface area contributed by atoms with Gasteiger partial charge in [0.05, 0.1) is 75.1 Å². The Kier molecular flexibility index (Phi) is 26.9. The summed E-state index contributed by atoms with van der Waals surface area (Å²) in [5.74, 6) is -15.6. The molecule has 38 heteroatoms. The molecule has 0 spiro atoms. The molecule has 492 valence electrons. The number of aliphatic hydroxyl groups is 14. The topological polar surface area (TPSA) is 585 Å². The number of hydrogen-bond acceptors (Lipinski definition) is 34. The highest BCUT2D eigenvalue weighted by molar-refractivity contribution is 7.78. The number of aliphatic carboxylic acids is 2. The second-order valence-corrected chi connectivity index (χ2v) is 21.1. The van der Waals surface area contributed by atoms with Crippen LogP contribution in [0.5, 0.6) is 0 Å². The summed E-state index contributed by atoms with van der Waals surface area (Å²) in [4.78, 5) is 79.7. The van der Waals surface area contributed by atoms with Crippen LogP contribution < -0.4 is 31.5 Å². The summed E-state index contributed by atoms with van der Waals surface area (Å²) >= 11 is 4.53. The zero-order chi connectivity index (χ0) is 64.3. The van der Waals surface area contributed by atoms with Crippen molar-refractivity contribution in [2.45, 2.75) is 212 Å². The molecule has 18 N–H and O–H groups in total. The van der Waals surface area contributed by atoms with E-state index in [2.05, 4.69) is 43.6 Å². The zero-order valence-corrected chi connectivity index (χ0v) is 47.3. The predicted octanol–water partition coefficient (Wildman–Crippen LogP) is -14.1. The first-order valence-corrected chi connectivity index (χ1v) is 27.2. The lowest BCUT2D eigenvalue weighted by Gasteiger charge is -2.54. The van der Waals surface area contributed by atoms with Gasteiger partial charge in [-0.15, -0.1) is 0 Å². The number of aliphatic hydroxyl groups excluding tert-OH is 14. The Labute approximate surface area is 493 Å². The number of ether oxygens (including phenoxy) is 10. The minimum Gasteiger partial charge on any atom is -0.544 e. The molecule has 0 aromatic rings. The molecular weight excluding hydrogens is 1190 g/mol. The van der Waals surface area contributed by atoms with Crippen LogP contribution in [0.1, 0.15) is 47.0 Å². The van der Waals surface area contributed by atoms with E-state index in [9.17, 15) is 110 Å². The SMILES string of the molecule is CC(=O)NC[C@@H](O)[C@@H](O)C1O[C@@](O[C@H](CO)[C@@H](O)C2O[C@@](O[C@@H]3C(O)[C@H](O[C@@H]4C(CO)O[C@@H](OCCCN=C=S)C(O)[C@H]4O)OC(CO)[C@@H]3O[C@@H]3OC(CO)[C@H](O)[C@H](O)C3NC(C)=O)(C(=O)[O-])C[C@@H](O)[C@H]2NC(C)=O)(C(=O)[O-])C[C@@H](O)[C@H]1NC(C)=O. The van der Waals surface area contributed by atoms with Gasteiger partial charge in [-0.2, -0.15) is 0 Å². The quantitative estimate of drug-likeness (QED) is 0.0196. The number of carboxylic acid groups (broad SMARTS) is 2. The minimum absolute atomic E-state index is 0.140. The summed E-state index contributed by atoms with van der Waals surface area (Å²) in [5.41, 5.74) is 0. The molecular formula is C48H75N5O32S-2. The minimum atomic E-state index is -3.67. The van der Waals surface area contributed by atoms with Gasteiger partial charge in [-0.05, 0) is 18.6 Å². The van der Waals surface area contributed by atoms with E-state index >= 15 is 0 Å². The smallest absolute Gasteiger partial charge is 0.217 e. The number of aliphatic imine (C=N–C) groups is 1. The van der Waals surface area contributed by atoms with Gasteiger partial charge in [0.15, 0.2) is 18.9 Å². The number of nitrogens with zero attached hydrogens (tertiary/aromatic N) is 1. The van der Waals surface area contributed by atoms with Crippen LogP contribution in [0.25, 0.3) is 0 Å². The number of carbonyl (C=O) groups excluding carboxylic acids is 6. The maximum Gasteiger partial charge on any atom is 0.217 e. The van der Waals surface area contributed by atoms with Gasteiger partial charge in [-0.3, -0.25) is 19.2 Å². The lowest BCUT2D eigenvalue weighted by molar-refractivity contribution is -0.422. The van der Waals surface area contributed by atoms with Gasteiger partial charge in [0, 0.05) is 47.1 Å². The van der Waals surface area contributed by atoms with Crippen molar-refractivity contribution in [2.75, 3.05) is 46.1 Å². The van der Waals surface area contributed by atoms with E-state index < -0.39 is 246 Å². The molecule has 5 aliphatic heterocycles. The van der Waals surface area contributed by atoms with Gasteiger partial charge in [0.1, 0.15) is 116 Å². The fourth-order valence-electron chi connectivity index (χ4n) is 10.4. The maximum absolute atomic E-state index is 13.8. The molecule has 27 atom stereocenters. The summed E-state index contributed by atoms with van der Waals surface area (Å²) < 4.78 is 58.0. The fourth-order valence-corrected chi connectivity index (χ4v) is 10.5. The molecule has 0 aromatic heterocycles. The normalized spacial score (nSPS) is 39.7. The number of thiocarbonyl (C=S) groups is 1. The van der Waals surface area contributed by atoms with E-state index in [1.807, 2.05) is 0 Å². The van der Waals surface area contributed by atoms with Crippen molar-refractivity contribution >= 4 is 52.9 Å². The van der Waals surface area contributed by atoms with Gasteiger partial charge in [-0.1, -0.05) is 0 Å². The first-order valence-electron chi connectivity index (χ1n) is 26.8. The van der Waals surface area contributed by atoms with Crippen LogP contribution in [0, 0.1) is 0 Å². The Morgan fingerprint density at radius 1 is 0.616 bits per heavy atom. The van der Waals surface area contributed by atoms with E-state index in [1.165, 1.54) is 0 Å². The Morgan fingerprint density at radius 2 is 1.12 bits per heavy atom. The zero-order valence-electron chi connectivity index (χ0n) is 46.5. The Hall–Kier alpha value is -4.34. The Morgan fingerprint density at radius 3 is 1.64 bits per heavy atom. The Balaban J connectivity index is 1.60. The van der Waals surface area contributed by atoms with Crippen molar-refractivity contribution in [3.8, 4) is 0 Å². The van der Waals surface area contributed by atoms with E-state index in [1.54, 1.807) is 0 Å². The Bertz CT molecular complexity index is 2330. The summed E-state index contributed by atoms with van der Waals surface area (Å²) in [6.45, 7) is -1.82. The number of carbonyl (C=O) groups is 6. The van der Waals surface area contributed by atoms with E-state index in [-0.39, 0.29) is 19.6 Å². The van der Waals surface area contributed by atoms with E-state index in [0.29, 0.717) is 0 Å². The molecule has 0 aromatic carbocycles. The standard InChI is InChI=1S/C48H77N5O32S/c1-16(58)50-10-22(64)30(65)39-27(51-17(2)59)20(62)8-47(83-39,45(72)73)82-24(12-55)32(67)40-28(52-18(3)60)21(63)9-48(84-40,46(74)75)85-41-36(71)44(80-37-25(13-56)78-43(35(70)34(37)69)76-7-5-6-49-15-86)79-26(14-57)38(41)81-42-29(53-19(4)61)33(68)31(66)23(11-54)77-42/h20-44,54-57,62-71H,5-14H2,1-4H3,(H,50,58)(H,51,59)(H,52,60)(H,53,61)(H,72,73)(H,74,75)/p-2/t20-,21-,22-,23?,24-,25?,26?,27-,28-,29?,30-,31+,32-,33-,34-,35?,36?,37-,38+,39?,40?,41-,42+,43-,44+,47-,48+/m1/s1. The third kappa shape index (κ3) is 17.1. The molecule has 86 heavy (non-hydrogen) atoms.